The number of aromatic amines is 1. The molecular weight excluding hydrogens is 300 g/mol. The molecule has 1 unspecified atom stereocenters. The normalized spacial score (nSPS) is 12.7. The maximum Gasteiger partial charge on any atom is 0.275 e. The Morgan fingerprint density at radius 3 is 2.91 bits per heavy atom. The van der Waals surface area contributed by atoms with E-state index in [-0.39, 0.29) is 11.6 Å². The Bertz CT molecular complexity index is 849. The fourth-order valence-corrected chi connectivity index (χ4v) is 3.19. The van der Waals surface area contributed by atoms with Gasteiger partial charge in [-0.15, -0.1) is 5.10 Å². The lowest BCUT2D eigenvalue weighted by Crippen LogP contribution is -2.19. The highest BCUT2D eigenvalue weighted by atomic mass is 32.1. The molecule has 0 fully saturated rings. The predicted molar refractivity (Wildman–Crippen MR) is 86.6 cm³/mol. The number of nitrogens with one attached hydrogen (secondary N) is 2. The van der Waals surface area contributed by atoms with Crippen LogP contribution in [0, 0.1) is 6.92 Å². The molecule has 0 radical (unpaired) electrons. The van der Waals surface area contributed by atoms with Crippen molar-refractivity contribution in [3.05, 3.63) is 39.6 Å². The first-order chi connectivity index (χ1) is 10.5. The SMILES string of the molecule is CCc1cc(=O)n2nc(NC(C)Cc3cc(C)[nH]n3)sc2n1. The third kappa shape index (κ3) is 3.01. The molecule has 3 heterocycles. The van der Waals surface area contributed by atoms with E-state index in [1.807, 2.05) is 19.9 Å². The minimum atomic E-state index is -0.137. The third-order valence-corrected chi connectivity index (χ3v) is 4.14. The van der Waals surface area contributed by atoms with Crippen LogP contribution >= 0.6 is 11.3 Å². The van der Waals surface area contributed by atoms with Crippen LogP contribution in [0.2, 0.25) is 0 Å². The van der Waals surface area contributed by atoms with Gasteiger partial charge < -0.3 is 5.32 Å². The molecule has 0 aliphatic rings. The molecule has 0 saturated heterocycles. The summed E-state index contributed by atoms with van der Waals surface area (Å²) >= 11 is 1.39. The van der Waals surface area contributed by atoms with Crippen molar-refractivity contribution in [3.63, 3.8) is 0 Å². The van der Waals surface area contributed by atoms with Crippen LogP contribution in [0.4, 0.5) is 5.13 Å². The van der Waals surface area contributed by atoms with E-state index in [0.29, 0.717) is 10.1 Å². The smallest absolute Gasteiger partial charge is 0.275 e. The molecular formula is C14H18N6OS. The Morgan fingerprint density at radius 1 is 1.41 bits per heavy atom. The lowest BCUT2D eigenvalue weighted by molar-refractivity contribution is 0.756. The van der Waals surface area contributed by atoms with Gasteiger partial charge in [-0.3, -0.25) is 9.89 Å². The van der Waals surface area contributed by atoms with Gasteiger partial charge in [-0.05, 0) is 26.3 Å². The number of fused-ring (bicyclic) bond motifs is 1. The average Bonchev–Trinajstić information content (AvgIpc) is 3.04. The minimum absolute atomic E-state index is 0.137. The second-order valence-corrected chi connectivity index (χ2v) is 6.29. The summed E-state index contributed by atoms with van der Waals surface area (Å²) < 4.78 is 1.34. The number of aromatic nitrogens is 5. The van der Waals surface area contributed by atoms with Crippen molar-refractivity contribution < 1.29 is 0 Å². The number of H-pyrrole nitrogens is 1. The number of aryl methyl sites for hydroxylation is 2. The van der Waals surface area contributed by atoms with E-state index in [0.717, 1.165) is 29.9 Å². The Hall–Kier alpha value is -2.22. The first-order valence-electron chi connectivity index (χ1n) is 7.22. The van der Waals surface area contributed by atoms with Gasteiger partial charge in [0.05, 0.1) is 5.69 Å². The summed E-state index contributed by atoms with van der Waals surface area (Å²) in [4.78, 5) is 17.0. The second-order valence-electron chi connectivity index (χ2n) is 5.33. The Kier molecular flexibility index (Phi) is 3.93. The van der Waals surface area contributed by atoms with Crippen LogP contribution in [0.25, 0.3) is 4.96 Å². The molecule has 0 aromatic carbocycles. The molecule has 0 aliphatic carbocycles. The molecule has 7 nitrogen and oxygen atoms in total. The van der Waals surface area contributed by atoms with Gasteiger partial charge in [-0.25, -0.2) is 4.98 Å². The summed E-state index contributed by atoms with van der Waals surface area (Å²) in [6, 6.07) is 3.72. The van der Waals surface area contributed by atoms with Crippen LogP contribution in [-0.4, -0.2) is 30.8 Å². The molecule has 2 N–H and O–H groups in total. The van der Waals surface area contributed by atoms with Gasteiger partial charge in [-0.2, -0.15) is 9.61 Å². The monoisotopic (exact) mass is 318 g/mol. The highest BCUT2D eigenvalue weighted by Crippen LogP contribution is 2.18. The topological polar surface area (TPSA) is 88.0 Å². The quantitative estimate of drug-likeness (QED) is 0.749. The van der Waals surface area contributed by atoms with Gasteiger partial charge in [0.15, 0.2) is 0 Å². The highest BCUT2D eigenvalue weighted by Gasteiger charge is 2.12. The van der Waals surface area contributed by atoms with Crippen LogP contribution in [0.3, 0.4) is 0 Å². The lowest BCUT2D eigenvalue weighted by atomic mass is 10.2. The van der Waals surface area contributed by atoms with Crippen molar-refractivity contribution in [3.8, 4) is 0 Å². The van der Waals surface area contributed by atoms with Crippen LogP contribution in [0.5, 0.6) is 0 Å². The van der Waals surface area contributed by atoms with E-state index in [2.05, 4.69) is 32.5 Å². The van der Waals surface area contributed by atoms with Gasteiger partial charge in [0.1, 0.15) is 0 Å². The molecule has 1 atom stereocenters. The van der Waals surface area contributed by atoms with Gasteiger partial charge in [0.2, 0.25) is 10.1 Å². The molecule has 8 heteroatoms. The molecule has 0 bridgehead atoms. The zero-order valence-corrected chi connectivity index (χ0v) is 13.6. The van der Waals surface area contributed by atoms with Crippen molar-refractivity contribution in [1.82, 2.24) is 24.8 Å². The van der Waals surface area contributed by atoms with E-state index in [1.165, 1.54) is 21.9 Å². The van der Waals surface area contributed by atoms with Crippen molar-refractivity contribution in [1.29, 1.82) is 0 Å². The lowest BCUT2D eigenvalue weighted by Gasteiger charge is -2.10. The number of hydrogen-bond donors (Lipinski definition) is 2. The van der Waals surface area contributed by atoms with Gasteiger partial charge in [0, 0.05) is 29.9 Å². The molecule has 0 spiro atoms. The summed E-state index contributed by atoms with van der Waals surface area (Å²) in [6.07, 6.45) is 1.52. The molecule has 22 heavy (non-hydrogen) atoms. The highest BCUT2D eigenvalue weighted by molar-refractivity contribution is 7.20. The summed E-state index contributed by atoms with van der Waals surface area (Å²) in [5.74, 6) is 0. The Balaban J connectivity index is 1.78. The van der Waals surface area contributed by atoms with Crippen LogP contribution in [0.1, 0.15) is 30.9 Å². The minimum Gasteiger partial charge on any atom is -0.357 e. The zero-order valence-electron chi connectivity index (χ0n) is 12.8. The van der Waals surface area contributed by atoms with Crippen LogP contribution in [0.15, 0.2) is 16.9 Å². The van der Waals surface area contributed by atoms with E-state index < -0.39 is 0 Å². The van der Waals surface area contributed by atoms with E-state index >= 15 is 0 Å². The van der Waals surface area contributed by atoms with E-state index in [4.69, 9.17) is 0 Å². The van der Waals surface area contributed by atoms with Crippen LogP contribution in [-0.2, 0) is 12.8 Å². The number of nitrogens with zero attached hydrogens (tertiary/aromatic N) is 4. The molecule has 0 saturated carbocycles. The third-order valence-electron chi connectivity index (χ3n) is 3.30. The van der Waals surface area contributed by atoms with E-state index in [1.54, 1.807) is 0 Å². The molecule has 3 rings (SSSR count). The Labute approximate surface area is 131 Å². The predicted octanol–water partition coefficient (Wildman–Crippen LogP) is 1.79. The van der Waals surface area contributed by atoms with Crippen molar-refractivity contribution in [2.75, 3.05) is 5.32 Å². The van der Waals surface area contributed by atoms with Crippen LogP contribution < -0.4 is 10.9 Å². The summed E-state index contributed by atoms with van der Waals surface area (Å²) in [7, 11) is 0. The maximum atomic E-state index is 12.0. The number of anilines is 1. The zero-order chi connectivity index (χ0) is 15.7. The average molecular weight is 318 g/mol. The van der Waals surface area contributed by atoms with Crippen molar-refractivity contribution >= 4 is 21.4 Å². The van der Waals surface area contributed by atoms with E-state index in [9.17, 15) is 4.79 Å². The van der Waals surface area contributed by atoms with Crippen molar-refractivity contribution in [2.24, 2.45) is 0 Å². The fraction of sp³-hybridized carbons (Fsp3) is 0.429. The molecule has 0 amide bonds. The number of rotatable bonds is 5. The summed E-state index contributed by atoms with van der Waals surface area (Å²) in [5, 5.41) is 15.5. The molecule has 3 aromatic rings. The fourth-order valence-electron chi connectivity index (χ4n) is 2.25. The summed E-state index contributed by atoms with van der Waals surface area (Å²) in [5.41, 5.74) is 2.70. The van der Waals surface area contributed by atoms with Gasteiger partial charge >= 0.3 is 0 Å². The van der Waals surface area contributed by atoms with Gasteiger partial charge in [0.25, 0.3) is 5.56 Å². The molecule has 3 aromatic heterocycles. The standard InChI is InChI=1S/C14H18N6OS/c1-4-10-7-12(21)20-14(16-10)22-13(19-20)15-8(2)5-11-6-9(3)17-18-11/h6-8H,4-5H2,1-3H3,(H,15,19)(H,17,18). The first-order valence-corrected chi connectivity index (χ1v) is 8.04. The van der Waals surface area contributed by atoms with Gasteiger partial charge in [-0.1, -0.05) is 18.3 Å². The summed E-state index contributed by atoms with van der Waals surface area (Å²) in [6.45, 7) is 6.02. The molecule has 116 valence electrons. The maximum absolute atomic E-state index is 12.0. The van der Waals surface area contributed by atoms with Crippen molar-refractivity contribution in [2.45, 2.75) is 39.7 Å². The Morgan fingerprint density at radius 2 is 2.23 bits per heavy atom. The first kappa shape index (κ1) is 14.7. The largest absolute Gasteiger partial charge is 0.357 e. The number of hydrogen-bond acceptors (Lipinski definition) is 6. The second kappa shape index (κ2) is 5.88. The molecule has 0 aliphatic heterocycles.